The second-order valence-electron chi connectivity index (χ2n) is 6.94. The number of anilines is 2. The molecule has 0 saturated carbocycles. The van der Waals surface area contributed by atoms with E-state index in [1.807, 2.05) is 47.9 Å². The molecule has 4 rings (SSSR count). The van der Waals surface area contributed by atoms with Crippen molar-refractivity contribution in [3.05, 3.63) is 84.2 Å². The second-order valence-corrected chi connectivity index (χ2v) is 8.69. The van der Waals surface area contributed by atoms with Crippen LogP contribution in [0.2, 0.25) is 0 Å². The Morgan fingerprint density at radius 1 is 0.933 bits per heavy atom. The van der Waals surface area contributed by atoms with Crippen LogP contribution in [0, 0.1) is 6.92 Å². The maximum Gasteiger partial charge on any atom is 0.255 e. The van der Waals surface area contributed by atoms with Gasteiger partial charge in [0.05, 0.1) is 17.3 Å². The van der Waals surface area contributed by atoms with Crippen LogP contribution in [0.5, 0.6) is 0 Å². The number of nitrogens with one attached hydrogen (secondary N) is 2. The fourth-order valence-electron chi connectivity index (χ4n) is 3.28. The van der Waals surface area contributed by atoms with E-state index in [0.29, 0.717) is 16.9 Å². The summed E-state index contributed by atoms with van der Waals surface area (Å²) >= 11 is 0. The number of para-hydroxylation sites is 1. The van der Waals surface area contributed by atoms with E-state index in [-0.39, 0.29) is 5.91 Å². The van der Waals surface area contributed by atoms with Gasteiger partial charge < -0.3 is 5.32 Å². The summed E-state index contributed by atoms with van der Waals surface area (Å²) in [6.07, 6.45) is 1.08. The van der Waals surface area contributed by atoms with Gasteiger partial charge in [-0.25, -0.2) is 13.4 Å². The highest BCUT2D eigenvalue weighted by Crippen LogP contribution is 2.23. The van der Waals surface area contributed by atoms with E-state index in [1.165, 1.54) is 0 Å². The van der Waals surface area contributed by atoms with Gasteiger partial charge >= 0.3 is 0 Å². The average molecular weight is 420 g/mol. The van der Waals surface area contributed by atoms with Gasteiger partial charge in [-0.2, -0.15) is 0 Å². The molecule has 7 nitrogen and oxygen atoms in total. The number of carbonyl (C=O) groups excluding carboxylic acids is 1. The second kappa shape index (κ2) is 7.64. The van der Waals surface area contributed by atoms with Crippen LogP contribution < -0.4 is 10.0 Å². The Morgan fingerprint density at radius 3 is 2.27 bits per heavy atom. The van der Waals surface area contributed by atoms with E-state index >= 15 is 0 Å². The molecule has 1 aromatic heterocycles. The van der Waals surface area contributed by atoms with Crippen molar-refractivity contribution in [2.75, 3.05) is 16.3 Å². The molecular formula is C22H20N4O3S. The molecule has 1 heterocycles. The fraction of sp³-hybridized carbons (Fsp3) is 0.0909. The number of aromatic nitrogens is 2. The molecule has 0 aliphatic rings. The molecule has 0 fully saturated rings. The van der Waals surface area contributed by atoms with Crippen molar-refractivity contribution in [1.29, 1.82) is 0 Å². The van der Waals surface area contributed by atoms with Gasteiger partial charge in [-0.1, -0.05) is 18.2 Å². The smallest absolute Gasteiger partial charge is 0.255 e. The van der Waals surface area contributed by atoms with E-state index in [0.717, 1.165) is 28.8 Å². The standard InChI is InChI=1S/C22H20N4O3S/c1-15-23-20-14-16(8-13-21(20)26(15)19-6-4-3-5-7-19)22(27)24-17-9-11-18(12-10-17)25-30(2,28)29/h3-14,25H,1-2H3,(H,24,27). The molecule has 0 saturated heterocycles. The number of imidazole rings is 1. The molecule has 1 amide bonds. The highest BCUT2D eigenvalue weighted by molar-refractivity contribution is 7.92. The molecule has 0 aliphatic heterocycles. The van der Waals surface area contributed by atoms with Gasteiger partial charge in [0.2, 0.25) is 10.0 Å². The topological polar surface area (TPSA) is 93.1 Å². The first-order chi connectivity index (χ1) is 14.3. The van der Waals surface area contributed by atoms with E-state index in [2.05, 4.69) is 15.0 Å². The number of sulfonamides is 1. The molecule has 0 unspecified atom stereocenters. The van der Waals surface area contributed by atoms with Crippen LogP contribution in [-0.4, -0.2) is 30.1 Å². The van der Waals surface area contributed by atoms with Crippen LogP contribution in [-0.2, 0) is 10.0 Å². The molecule has 152 valence electrons. The lowest BCUT2D eigenvalue weighted by Gasteiger charge is -2.08. The molecule has 8 heteroatoms. The number of carbonyl (C=O) groups is 1. The van der Waals surface area contributed by atoms with Crippen molar-refractivity contribution in [3.63, 3.8) is 0 Å². The lowest BCUT2D eigenvalue weighted by atomic mass is 10.1. The summed E-state index contributed by atoms with van der Waals surface area (Å²) in [6.45, 7) is 1.93. The Kier molecular flexibility index (Phi) is 5.01. The van der Waals surface area contributed by atoms with Crippen LogP contribution in [0.4, 0.5) is 11.4 Å². The monoisotopic (exact) mass is 420 g/mol. The third-order valence-corrected chi connectivity index (χ3v) is 5.15. The summed E-state index contributed by atoms with van der Waals surface area (Å²) in [5.41, 5.74) is 4.14. The Hall–Kier alpha value is -3.65. The van der Waals surface area contributed by atoms with Gasteiger partial charge in [0, 0.05) is 22.6 Å². The van der Waals surface area contributed by atoms with Gasteiger partial charge in [0.15, 0.2) is 0 Å². The molecule has 0 aliphatic carbocycles. The van der Waals surface area contributed by atoms with Gasteiger partial charge in [0.25, 0.3) is 5.91 Å². The summed E-state index contributed by atoms with van der Waals surface area (Å²) in [6, 6.07) is 21.8. The van der Waals surface area contributed by atoms with Crippen molar-refractivity contribution in [3.8, 4) is 5.69 Å². The number of rotatable bonds is 5. The van der Waals surface area contributed by atoms with Crippen LogP contribution in [0.25, 0.3) is 16.7 Å². The quantitative estimate of drug-likeness (QED) is 0.511. The molecule has 0 radical (unpaired) electrons. The fourth-order valence-corrected chi connectivity index (χ4v) is 3.85. The van der Waals surface area contributed by atoms with Gasteiger partial charge in [-0.3, -0.25) is 14.1 Å². The number of hydrogen-bond donors (Lipinski definition) is 2. The average Bonchev–Trinajstić information content (AvgIpc) is 3.04. The lowest BCUT2D eigenvalue weighted by Crippen LogP contribution is -2.12. The van der Waals surface area contributed by atoms with E-state index < -0.39 is 10.0 Å². The van der Waals surface area contributed by atoms with Crippen molar-refractivity contribution in [1.82, 2.24) is 9.55 Å². The van der Waals surface area contributed by atoms with Gasteiger partial charge in [0.1, 0.15) is 5.82 Å². The molecule has 0 atom stereocenters. The molecule has 4 aromatic rings. The minimum Gasteiger partial charge on any atom is -0.322 e. The van der Waals surface area contributed by atoms with E-state index in [9.17, 15) is 13.2 Å². The summed E-state index contributed by atoms with van der Waals surface area (Å²) in [5.74, 6) is 0.565. The lowest BCUT2D eigenvalue weighted by molar-refractivity contribution is 0.102. The molecule has 3 aromatic carbocycles. The minimum absolute atomic E-state index is 0.271. The number of nitrogens with zero attached hydrogens (tertiary/aromatic N) is 2. The first-order valence-corrected chi connectivity index (χ1v) is 11.1. The van der Waals surface area contributed by atoms with Gasteiger partial charge in [-0.15, -0.1) is 0 Å². The van der Waals surface area contributed by atoms with Gasteiger partial charge in [-0.05, 0) is 61.5 Å². The Labute approximate surface area is 174 Å². The zero-order chi connectivity index (χ0) is 21.3. The maximum atomic E-state index is 12.7. The van der Waals surface area contributed by atoms with Crippen molar-refractivity contribution >= 4 is 38.3 Å². The first kappa shape index (κ1) is 19.7. The third-order valence-electron chi connectivity index (χ3n) is 4.54. The number of fused-ring (bicyclic) bond motifs is 1. The summed E-state index contributed by atoms with van der Waals surface area (Å²) < 4.78 is 27.0. The van der Waals surface area contributed by atoms with Crippen LogP contribution in [0.3, 0.4) is 0 Å². The largest absolute Gasteiger partial charge is 0.322 e. The summed E-state index contributed by atoms with van der Waals surface area (Å²) in [4.78, 5) is 17.3. The minimum atomic E-state index is -3.34. The normalized spacial score (nSPS) is 11.4. The Balaban J connectivity index is 1.57. The molecule has 0 bridgehead atoms. The van der Waals surface area contributed by atoms with Crippen LogP contribution in [0.1, 0.15) is 16.2 Å². The summed E-state index contributed by atoms with van der Waals surface area (Å²) in [5, 5.41) is 2.82. The summed E-state index contributed by atoms with van der Waals surface area (Å²) in [7, 11) is -3.34. The highest BCUT2D eigenvalue weighted by Gasteiger charge is 2.13. The first-order valence-electron chi connectivity index (χ1n) is 9.24. The van der Waals surface area contributed by atoms with Crippen LogP contribution in [0.15, 0.2) is 72.8 Å². The predicted octanol–water partition coefficient (Wildman–Crippen LogP) is 3.96. The zero-order valence-corrected chi connectivity index (χ0v) is 17.3. The SMILES string of the molecule is Cc1nc2cc(C(=O)Nc3ccc(NS(C)(=O)=O)cc3)ccc2n1-c1ccccc1. The van der Waals surface area contributed by atoms with Crippen molar-refractivity contribution in [2.45, 2.75) is 6.92 Å². The van der Waals surface area contributed by atoms with Crippen molar-refractivity contribution in [2.24, 2.45) is 0 Å². The molecule has 30 heavy (non-hydrogen) atoms. The van der Waals surface area contributed by atoms with Crippen molar-refractivity contribution < 1.29 is 13.2 Å². The molecule has 0 spiro atoms. The third kappa shape index (κ3) is 4.18. The maximum absolute atomic E-state index is 12.7. The van der Waals surface area contributed by atoms with E-state index in [4.69, 9.17) is 0 Å². The van der Waals surface area contributed by atoms with E-state index in [1.54, 1.807) is 36.4 Å². The number of amides is 1. The van der Waals surface area contributed by atoms with Crippen LogP contribution >= 0.6 is 0 Å². The highest BCUT2D eigenvalue weighted by atomic mass is 32.2. The number of hydrogen-bond acceptors (Lipinski definition) is 4. The molecular weight excluding hydrogens is 400 g/mol. The Bertz CT molecular complexity index is 1330. The molecule has 2 N–H and O–H groups in total. The number of benzene rings is 3. The number of aryl methyl sites for hydroxylation is 1. The Morgan fingerprint density at radius 2 is 1.60 bits per heavy atom. The zero-order valence-electron chi connectivity index (χ0n) is 16.5. The predicted molar refractivity (Wildman–Crippen MR) is 119 cm³/mol.